The van der Waals surface area contributed by atoms with Crippen molar-refractivity contribution in [3.8, 4) is 17.6 Å². The Balaban J connectivity index is 3.46. The van der Waals surface area contributed by atoms with E-state index in [0.717, 1.165) is 18.2 Å². The first kappa shape index (κ1) is 26.9. The molecule has 0 spiro atoms. The van der Waals surface area contributed by atoms with Crippen LogP contribution in [-0.2, 0) is 14.3 Å². The van der Waals surface area contributed by atoms with E-state index in [1.165, 1.54) is 4.90 Å². The molecule has 0 bridgehead atoms. The summed E-state index contributed by atoms with van der Waals surface area (Å²) in [5, 5.41) is 30.9. The normalized spacial score (nSPS) is 11.3. The van der Waals surface area contributed by atoms with Crippen molar-refractivity contribution in [1.82, 2.24) is 4.90 Å². The first-order valence-electron chi connectivity index (χ1n) is 10.1. The van der Waals surface area contributed by atoms with Gasteiger partial charge in [0.2, 0.25) is 5.75 Å². The van der Waals surface area contributed by atoms with Crippen LogP contribution in [0, 0.1) is 21.4 Å². The van der Waals surface area contributed by atoms with Gasteiger partial charge in [-0.3, -0.25) is 19.7 Å². The van der Waals surface area contributed by atoms with Crippen molar-refractivity contribution in [2.45, 2.75) is 46.1 Å². The van der Waals surface area contributed by atoms with Crippen LogP contribution in [0.3, 0.4) is 0 Å². The van der Waals surface area contributed by atoms with Crippen molar-refractivity contribution in [1.29, 1.82) is 5.26 Å². The van der Waals surface area contributed by atoms with Gasteiger partial charge in [0.15, 0.2) is 11.4 Å². The van der Waals surface area contributed by atoms with Gasteiger partial charge in [-0.1, -0.05) is 13.8 Å². The number of benzene rings is 1. The van der Waals surface area contributed by atoms with Crippen molar-refractivity contribution < 1.29 is 33.9 Å². The SMILES string of the molecule is CCN(CC)C(=O)/C(C#N)=C/c1cc(OC(=O)OC(CC)(CC)C(N)=O)c(O)c([N+](=O)[O-])c1. The highest BCUT2D eigenvalue weighted by Gasteiger charge is 2.38. The van der Waals surface area contributed by atoms with E-state index < -0.39 is 45.7 Å². The Morgan fingerprint density at radius 2 is 1.82 bits per heavy atom. The molecule has 0 radical (unpaired) electrons. The average molecular weight is 462 g/mol. The van der Waals surface area contributed by atoms with Crippen LogP contribution in [0.4, 0.5) is 10.5 Å². The first-order valence-corrected chi connectivity index (χ1v) is 10.1. The molecule has 12 heteroatoms. The van der Waals surface area contributed by atoms with E-state index in [1.54, 1.807) is 33.8 Å². The van der Waals surface area contributed by atoms with E-state index in [9.17, 15) is 34.9 Å². The number of nitrogens with zero attached hydrogens (tertiary/aromatic N) is 3. The lowest BCUT2D eigenvalue weighted by Crippen LogP contribution is -2.47. The summed E-state index contributed by atoms with van der Waals surface area (Å²) >= 11 is 0. The molecule has 0 saturated heterocycles. The fourth-order valence-corrected chi connectivity index (χ4v) is 2.97. The van der Waals surface area contributed by atoms with Crippen LogP contribution in [0.5, 0.6) is 11.5 Å². The quantitative estimate of drug-likeness (QED) is 0.132. The number of phenols is 1. The number of aromatic hydroxyl groups is 1. The molecule has 3 N–H and O–H groups in total. The average Bonchev–Trinajstić information content (AvgIpc) is 2.77. The molecular weight excluding hydrogens is 436 g/mol. The highest BCUT2D eigenvalue weighted by Crippen LogP contribution is 2.38. The summed E-state index contributed by atoms with van der Waals surface area (Å²) in [5.74, 6) is -3.17. The van der Waals surface area contributed by atoms with Crippen molar-refractivity contribution in [3.05, 3.63) is 33.4 Å². The first-order chi connectivity index (χ1) is 15.5. The Hall–Kier alpha value is -4.14. The monoisotopic (exact) mass is 462 g/mol. The summed E-state index contributed by atoms with van der Waals surface area (Å²) in [4.78, 5) is 48.3. The van der Waals surface area contributed by atoms with Crippen LogP contribution >= 0.6 is 0 Å². The van der Waals surface area contributed by atoms with Gasteiger partial charge in [-0.25, -0.2) is 4.79 Å². The molecule has 0 fully saturated rings. The van der Waals surface area contributed by atoms with E-state index in [2.05, 4.69) is 0 Å². The number of nitro benzene ring substituents is 1. The molecule has 33 heavy (non-hydrogen) atoms. The lowest BCUT2D eigenvalue weighted by Gasteiger charge is -2.27. The van der Waals surface area contributed by atoms with Gasteiger partial charge in [-0.15, -0.1) is 0 Å². The number of ether oxygens (including phenoxy) is 2. The predicted octanol–water partition coefficient (Wildman–Crippen LogP) is 2.64. The van der Waals surface area contributed by atoms with Crippen LogP contribution in [0.1, 0.15) is 46.1 Å². The third-order valence-electron chi connectivity index (χ3n) is 5.05. The molecule has 0 unspecified atom stereocenters. The van der Waals surface area contributed by atoms with Crippen molar-refractivity contribution in [2.24, 2.45) is 5.73 Å². The third kappa shape index (κ3) is 6.19. The summed E-state index contributed by atoms with van der Waals surface area (Å²) in [6.07, 6.45) is -0.274. The number of hydrogen-bond donors (Lipinski definition) is 2. The van der Waals surface area contributed by atoms with Crippen molar-refractivity contribution >= 4 is 29.7 Å². The van der Waals surface area contributed by atoms with Crippen LogP contribution in [0.15, 0.2) is 17.7 Å². The summed E-state index contributed by atoms with van der Waals surface area (Å²) in [7, 11) is 0. The third-order valence-corrected chi connectivity index (χ3v) is 5.05. The lowest BCUT2D eigenvalue weighted by atomic mass is 9.96. The molecule has 12 nitrogen and oxygen atoms in total. The molecule has 0 heterocycles. The second-order valence-electron chi connectivity index (χ2n) is 6.81. The zero-order valence-corrected chi connectivity index (χ0v) is 18.8. The Labute approximate surface area is 190 Å². The van der Waals surface area contributed by atoms with E-state index in [0.29, 0.717) is 13.1 Å². The Morgan fingerprint density at radius 1 is 1.24 bits per heavy atom. The minimum atomic E-state index is -1.67. The predicted molar refractivity (Wildman–Crippen MR) is 116 cm³/mol. The zero-order valence-electron chi connectivity index (χ0n) is 18.8. The molecule has 1 rings (SSSR count). The summed E-state index contributed by atoms with van der Waals surface area (Å²) in [6, 6.07) is 3.66. The number of likely N-dealkylation sites (N-methyl/N-ethyl adjacent to an activating group) is 1. The number of amides is 2. The van der Waals surface area contributed by atoms with Crippen LogP contribution in [0.2, 0.25) is 0 Å². The van der Waals surface area contributed by atoms with E-state index in [4.69, 9.17) is 15.2 Å². The molecule has 0 aromatic heterocycles. The zero-order chi connectivity index (χ0) is 25.3. The molecule has 0 atom stereocenters. The number of carbonyl (C=O) groups excluding carboxylic acids is 3. The number of nitriles is 1. The number of primary amides is 1. The van der Waals surface area contributed by atoms with Crippen molar-refractivity contribution in [3.63, 3.8) is 0 Å². The molecule has 1 aromatic carbocycles. The van der Waals surface area contributed by atoms with Gasteiger partial charge in [0.1, 0.15) is 11.6 Å². The lowest BCUT2D eigenvalue weighted by molar-refractivity contribution is -0.385. The fourth-order valence-electron chi connectivity index (χ4n) is 2.97. The van der Waals surface area contributed by atoms with Crippen LogP contribution < -0.4 is 10.5 Å². The minimum absolute atomic E-state index is 0.0435. The molecule has 0 aliphatic heterocycles. The van der Waals surface area contributed by atoms with Gasteiger partial charge in [0.05, 0.1) is 4.92 Å². The second-order valence-corrected chi connectivity index (χ2v) is 6.81. The number of nitro groups is 1. The van der Waals surface area contributed by atoms with Gasteiger partial charge in [0, 0.05) is 19.2 Å². The van der Waals surface area contributed by atoms with Gasteiger partial charge in [-0.05, 0) is 44.4 Å². The molecule has 0 saturated carbocycles. The number of phenolic OH excluding ortho intramolecular Hbond substituents is 1. The smallest absolute Gasteiger partial charge is 0.499 e. The largest absolute Gasteiger partial charge is 0.515 e. The number of hydrogen-bond acceptors (Lipinski definition) is 9. The Morgan fingerprint density at radius 3 is 2.24 bits per heavy atom. The van der Waals surface area contributed by atoms with Crippen LogP contribution in [-0.4, -0.2) is 51.6 Å². The summed E-state index contributed by atoms with van der Waals surface area (Å²) < 4.78 is 9.97. The maximum absolute atomic E-state index is 12.5. The standard InChI is InChI=1S/C21H26N4O8/c1-5-21(6-2,19(23)28)33-20(29)32-16-11-13(10-15(17(16)26)25(30)31)9-14(12-22)18(27)24(7-3)8-4/h9-11,26H,5-8H2,1-4H3,(H2,23,28)/b14-9+. The summed E-state index contributed by atoms with van der Waals surface area (Å²) in [6.45, 7) is 7.23. The molecule has 0 aliphatic rings. The second kappa shape index (κ2) is 11.5. The Bertz CT molecular complexity index is 1000. The molecular formula is C21H26N4O8. The summed E-state index contributed by atoms with van der Waals surface area (Å²) in [5.41, 5.74) is 2.42. The van der Waals surface area contributed by atoms with E-state index in [1.807, 2.05) is 0 Å². The maximum atomic E-state index is 12.5. The maximum Gasteiger partial charge on any atom is 0.515 e. The van der Waals surface area contributed by atoms with E-state index >= 15 is 0 Å². The highest BCUT2D eigenvalue weighted by atomic mass is 16.7. The Kier molecular flexibility index (Phi) is 9.35. The van der Waals surface area contributed by atoms with Gasteiger partial charge in [-0.2, -0.15) is 5.26 Å². The van der Waals surface area contributed by atoms with Crippen LogP contribution in [0.25, 0.3) is 6.08 Å². The van der Waals surface area contributed by atoms with Gasteiger partial charge >= 0.3 is 11.8 Å². The molecule has 2 amide bonds. The topological polar surface area (TPSA) is 186 Å². The van der Waals surface area contributed by atoms with Gasteiger partial charge in [0.25, 0.3) is 11.8 Å². The molecule has 0 aliphatic carbocycles. The van der Waals surface area contributed by atoms with Gasteiger partial charge < -0.3 is 25.2 Å². The fraction of sp³-hybridized carbons (Fsp3) is 0.429. The highest BCUT2D eigenvalue weighted by molar-refractivity contribution is 6.01. The number of carbonyl (C=O) groups is 3. The number of nitrogens with two attached hydrogens (primary N) is 1. The number of rotatable bonds is 10. The minimum Gasteiger partial charge on any atom is -0.499 e. The molecule has 178 valence electrons. The molecule has 1 aromatic rings. The van der Waals surface area contributed by atoms with Crippen molar-refractivity contribution in [2.75, 3.05) is 13.1 Å². The van der Waals surface area contributed by atoms with E-state index in [-0.39, 0.29) is 24.0 Å².